The van der Waals surface area contributed by atoms with E-state index in [0.29, 0.717) is 17.4 Å². The quantitative estimate of drug-likeness (QED) is 0.883. The first-order chi connectivity index (χ1) is 10.8. The van der Waals surface area contributed by atoms with E-state index in [9.17, 15) is 22.8 Å². The summed E-state index contributed by atoms with van der Waals surface area (Å²) in [4.78, 5) is 24.4. The van der Waals surface area contributed by atoms with Crippen LogP contribution < -0.4 is 10.6 Å². The standard InChI is InChI=1S/C15H15F3N2O2S/c16-15(17,18)9-3-4-11-10(5-9)20-14(22)12(23-11)6-13(21)19-7-8-1-2-8/h3-5,8,12H,1-2,6-7H2,(H,19,21)(H,20,22). The Morgan fingerprint density at radius 2 is 2.09 bits per heavy atom. The third-order valence-electron chi connectivity index (χ3n) is 3.78. The van der Waals surface area contributed by atoms with Crippen molar-refractivity contribution in [2.75, 3.05) is 11.9 Å². The number of hydrogen-bond donors (Lipinski definition) is 2. The summed E-state index contributed by atoms with van der Waals surface area (Å²) in [5, 5.41) is 4.62. The van der Waals surface area contributed by atoms with Gasteiger partial charge in [-0.25, -0.2) is 0 Å². The number of carbonyl (C=O) groups is 2. The summed E-state index contributed by atoms with van der Waals surface area (Å²) >= 11 is 1.12. The van der Waals surface area contributed by atoms with Crippen molar-refractivity contribution in [3.63, 3.8) is 0 Å². The number of thioether (sulfide) groups is 1. The van der Waals surface area contributed by atoms with Gasteiger partial charge in [-0.1, -0.05) is 0 Å². The average Bonchev–Trinajstić information content (AvgIpc) is 3.28. The second-order valence-corrected chi connectivity index (χ2v) is 7.00. The smallest absolute Gasteiger partial charge is 0.356 e. The third kappa shape index (κ3) is 3.99. The van der Waals surface area contributed by atoms with Crippen LogP contribution in [0.5, 0.6) is 0 Å². The van der Waals surface area contributed by atoms with Crippen LogP contribution in [0.25, 0.3) is 0 Å². The van der Waals surface area contributed by atoms with E-state index in [1.165, 1.54) is 6.07 Å². The van der Waals surface area contributed by atoms with Crippen LogP contribution in [0.2, 0.25) is 0 Å². The van der Waals surface area contributed by atoms with Gasteiger partial charge in [-0.05, 0) is 37.0 Å². The normalized spacial score (nSPS) is 20.7. The molecular formula is C15H15F3N2O2S. The van der Waals surface area contributed by atoms with E-state index in [1.807, 2.05) is 0 Å². The Kier molecular flexibility index (Phi) is 4.27. The van der Waals surface area contributed by atoms with Gasteiger partial charge >= 0.3 is 6.18 Å². The van der Waals surface area contributed by atoms with E-state index < -0.39 is 22.9 Å². The van der Waals surface area contributed by atoms with E-state index in [0.717, 1.165) is 36.7 Å². The highest BCUT2D eigenvalue weighted by molar-refractivity contribution is 8.01. The Labute approximate surface area is 135 Å². The summed E-state index contributed by atoms with van der Waals surface area (Å²) in [6.07, 6.45) is -2.20. The molecule has 1 aliphatic carbocycles. The molecule has 1 aromatic rings. The summed E-state index contributed by atoms with van der Waals surface area (Å²) in [5.74, 6) is -0.100. The topological polar surface area (TPSA) is 58.2 Å². The largest absolute Gasteiger partial charge is 0.416 e. The van der Waals surface area contributed by atoms with E-state index in [1.54, 1.807) is 0 Å². The predicted octanol–water partition coefficient (Wildman–Crippen LogP) is 3.03. The number of carbonyl (C=O) groups excluding carboxylic acids is 2. The number of alkyl halides is 3. The molecule has 8 heteroatoms. The summed E-state index contributed by atoms with van der Waals surface area (Å²) < 4.78 is 38.1. The fourth-order valence-corrected chi connectivity index (χ4v) is 3.37. The Morgan fingerprint density at radius 1 is 1.35 bits per heavy atom. The Bertz CT molecular complexity index is 644. The lowest BCUT2D eigenvalue weighted by atomic mass is 10.1. The molecule has 2 aliphatic rings. The van der Waals surface area contributed by atoms with Crippen LogP contribution >= 0.6 is 11.8 Å². The molecular weight excluding hydrogens is 329 g/mol. The maximum atomic E-state index is 12.7. The second-order valence-electron chi connectivity index (χ2n) is 5.76. The molecule has 1 unspecified atom stereocenters. The SMILES string of the molecule is O=C(CC1Sc2ccc(C(F)(F)F)cc2NC1=O)NCC1CC1. The number of benzene rings is 1. The van der Waals surface area contributed by atoms with E-state index in [2.05, 4.69) is 10.6 Å². The van der Waals surface area contributed by atoms with E-state index in [-0.39, 0.29) is 18.0 Å². The van der Waals surface area contributed by atoms with Crippen LogP contribution in [0.3, 0.4) is 0 Å². The Morgan fingerprint density at radius 3 is 2.74 bits per heavy atom. The minimum Gasteiger partial charge on any atom is -0.356 e. The zero-order chi connectivity index (χ0) is 16.6. The number of hydrogen-bond acceptors (Lipinski definition) is 3. The molecule has 124 valence electrons. The highest BCUT2D eigenvalue weighted by Crippen LogP contribution is 2.40. The van der Waals surface area contributed by atoms with Gasteiger partial charge in [0.2, 0.25) is 11.8 Å². The highest BCUT2D eigenvalue weighted by atomic mass is 32.2. The molecule has 0 bridgehead atoms. The van der Waals surface area contributed by atoms with Crippen LogP contribution in [0.4, 0.5) is 18.9 Å². The Balaban J connectivity index is 1.65. The third-order valence-corrected chi connectivity index (χ3v) is 5.06. The molecule has 1 saturated carbocycles. The molecule has 1 fully saturated rings. The Hall–Kier alpha value is -1.70. The van der Waals surface area contributed by atoms with Gasteiger partial charge < -0.3 is 10.6 Å². The predicted molar refractivity (Wildman–Crippen MR) is 80.1 cm³/mol. The van der Waals surface area contributed by atoms with E-state index >= 15 is 0 Å². The number of anilines is 1. The first-order valence-electron chi connectivity index (χ1n) is 7.28. The van der Waals surface area contributed by atoms with Gasteiger partial charge in [-0.15, -0.1) is 11.8 Å². The van der Waals surface area contributed by atoms with Crippen LogP contribution in [0.1, 0.15) is 24.8 Å². The van der Waals surface area contributed by atoms with Gasteiger partial charge in [0.1, 0.15) is 0 Å². The van der Waals surface area contributed by atoms with Gasteiger partial charge in [0.05, 0.1) is 16.5 Å². The van der Waals surface area contributed by atoms with Crippen molar-refractivity contribution in [3.05, 3.63) is 23.8 Å². The fourth-order valence-electron chi connectivity index (χ4n) is 2.28. The molecule has 2 N–H and O–H groups in total. The highest BCUT2D eigenvalue weighted by Gasteiger charge is 2.34. The molecule has 1 atom stereocenters. The van der Waals surface area contributed by atoms with Gasteiger partial charge in [0, 0.05) is 17.9 Å². The number of fused-ring (bicyclic) bond motifs is 1. The second kappa shape index (κ2) is 6.07. The molecule has 4 nitrogen and oxygen atoms in total. The van der Waals surface area contributed by atoms with Crippen molar-refractivity contribution >= 4 is 29.3 Å². The minimum absolute atomic E-state index is 0.0175. The number of halogens is 3. The zero-order valence-electron chi connectivity index (χ0n) is 12.1. The van der Waals surface area contributed by atoms with E-state index in [4.69, 9.17) is 0 Å². The molecule has 1 aromatic carbocycles. The van der Waals surface area contributed by atoms with Gasteiger partial charge in [0.25, 0.3) is 0 Å². The average molecular weight is 344 g/mol. The molecule has 1 heterocycles. The molecule has 23 heavy (non-hydrogen) atoms. The van der Waals surface area contributed by atoms with Crippen molar-refractivity contribution in [2.45, 2.75) is 35.6 Å². The zero-order valence-corrected chi connectivity index (χ0v) is 12.9. The first-order valence-corrected chi connectivity index (χ1v) is 8.16. The van der Waals surface area contributed by atoms with Crippen molar-refractivity contribution in [3.8, 4) is 0 Å². The minimum atomic E-state index is -4.45. The van der Waals surface area contributed by atoms with Crippen LogP contribution in [-0.2, 0) is 15.8 Å². The maximum Gasteiger partial charge on any atom is 0.416 e. The molecule has 0 spiro atoms. The molecule has 2 amide bonds. The van der Waals surface area contributed by atoms with Gasteiger partial charge in [-0.3, -0.25) is 9.59 Å². The van der Waals surface area contributed by atoms with Crippen LogP contribution in [0.15, 0.2) is 23.1 Å². The first kappa shape index (κ1) is 16.2. The number of nitrogens with one attached hydrogen (secondary N) is 2. The molecule has 1 aliphatic heterocycles. The molecule has 0 saturated heterocycles. The monoisotopic (exact) mass is 344 g/mol. The van der Waals surface area contributed by atoms with Crippen molar-refractivity contribution in [1.29, 1.82) is 0 Å². The van der Waals surface area contributed by atoms with Crippen molar-refractivity contribution in [2.24, 2.45) is 5.92 Å². The lowest BCUT2D eigenvalue weighted by Gasteiger charge is -2.24. The molecule has 0 radical (unpaired) electrons. The molecule has 0 aromatic heterocycles. The molecule has 3 rings (SSSR count). The number of rotatable bonds is 4. The fraction of sp³-hybridized carbons (Fsp3) is 0.467. The summed E-state index contributed by atoms with van der Waals surface area (Å²) in [7, 11) is 0. The number of amides is 2. The van der Waals surface area contributed by atoms with Crippen molar-refractivity contribution in [1.82, 2.24) is 5.32 Å². The summed E-state index contributed by atoms with van der Waals surface area (Å²) in [6, 6.07) is 3.23. The van der Waals surface area contributed by atoms with Gasteiger partial charge in [-0.2, -0.15) is 13.2 Å². The van der Waals surface area contributed by atoms with Crippen LogP contribution in [0, 0.1) is 5.92 Å². The maximum absolute atomic E-state index is 12.7. The van der Waals surface area contributed by atoms with Gasteiger partial charge in [0.15, 0.2) is 0 Å². The van der Waals surface area contributed by atoms with Crippen LogP contribution in [-0.4, -0.2) is 23.6 Å². The lowest BCUT2D eigenvalue weighted by molar-refractivity contribution is -0.137. The lowest BCUT2D eigenvalue weighted by Crippen LogP contribution is -2.35. The summed E-state index contributed by atoms with van der Waals surface area (Å²) in [5.41, 5.74) is -0.665. The van der Waals surface area contributed by atoms with Crippen molar-refractivity contribution < 1.29 is 22.8 Å². The summed E-state index contributed by atoms with van der Waals surface area (Å²) in [6.45, 7) is 0.628.